The molecule has 0 spiro atoms. The Hall–Kier alpha value is -0.850. The molecule has 1 atom stereocenters. The highest BCUT2D eigenvalue weighted by Gasteiger charge is 2.12. The van der Waals surface area contributed by atoms with Crippen molar-refractivity contribution in [1.29, 1.82) is 0 Å². The van der Waals surface area contributed by atoms with Gasteiger partial charge in [-0.2, -0.15) is 0 Å². The number of thioether (sulfide) groups is 1. The monoisotopic (exact) mass is 284 g/mol. The van der Waals surface area contributed by atoms with Crippen molar-refractivity contribution in [3.63, 3.8) is 0 Å². The largest absolute Gasteiger partial charge is 0.395 e. The Bertz CT molecular complexity index is 618. The number of rotatable bonds is 4. The second kappa shape index (κ2) is 5.42. The zero-order chi connectivity index (χ0) is 13.3. The molecule has 18 heavy (non-hydrogen) atoms. The Morgan fingerprint density at radius 3 is 2.89 bits per heavy atom. The van der Waals surface area contributed by atoms with Gasteiger partial charge >= 0.3 is 0 Å². The average molecular weight is 284 g/mol. The number of aromatic amines is 1. The van der Waals surface area contributed by atoms with Gasteiger partial charge in [0.1, 0.15) is 10.7 Å². The molecule has 0 radical (unpaired) electrons. The number of thiophene rings is 1. The van der Waals surface area contributed by atoms with Crippen LogP contribution in [0.15, 0.2) is 4.79 Å². The van der Waals surface area contributed by atoms with E-state index in [1.54, 1.807) is 23.1 Å². The van der Waals surface area contributed by atoms with Crippen molar-refractivity contribution in [1.82, 2.24) is 9.97 Å². The van der Waals surface area contributed by atoms with Gasteiger partial charge in [-0.1, -0.05) is 6.92 Å². The Kier molecular flexibility index (Phi) is 4.09. The second-order valence-corrected chi connectivity index (χ2v) is 6.91. The van der Waals surface area contributed by atoms with E-state index in [1.165, 1.54) is 0 Å². The standard InChI is InChI=1S/C12H16N2O2S2/c1-6(4-15)17-5-9-13-11(16)10-7(2)8(3)18-12(10)14-9/h6,15H,4-5H2,1-3H3,(H,13,14,16). The summed E-state index contributed by atoms with van der Waals surface area (Å²) < 4.78 is 0. The fourth-order valence-corrected chi connectivity index (χ4v) is 3.37. The van der Waals surface area contributed by atoms with E-state index in [-0.39, 0.29) is 17.4 Å². The fraction of sp³-hybridized carbons (Fsp3) is 0.500. The minimum absolute atomic E-state index is 0.0610. The maximum atomic E-state index is 12.0. The molecule has 6 heteroatoms. The van der Waals surface area contributed by atoms with Crippen LogP contribution in [-0.4, -0.2) is 26.9 Å². The number of aliphatic hydroxyl groups excluding tert-OH is 1. The Morgan fingerprint density at radius 2 is 2.22 bits per heavy atom. The predicted molar refractivity (Wildman–Crippen MR) is 77.6 cm³/mol. The van der Waals surface area contributed by atoms with Crippen LogP contribution < -0.4 is 5.56 Å². The van der Waals surface area contributed by atoms with Crippen LogP contribution in [0.3, 0.4) is 0 Å². The molecule has 2 N–H and O–H groups in total. The summed E-state index contributed by atoms with van der Waals surface area (Å²) in [6.45, 7) is 6.03. The second-order valence-electron chi connectivity index (χ2n) is 4.28. The molecule has 2 aromatic rings. The maximum Gasteiger partial charge on any atom is 0.259 e. The van der Waals surface area contributed by atoms with E-state index in [9.17, 15) is 4.79 Å². The number of aryl methyl sites for hydroxylation is 2. The molecule has 4 nitrogen and oxygen atoms in total. The molecule has 0 amide bonds. The number of fused-ring (bicyclic) bond motifs is 1. The zero-order valence-electron chi connectivity index (χ0n) is 10.6. The molecule has 0 fully saturated rings. The lowest BCUT2D eigenvalue weighted by molar-refractivity contribution is 0.300. The number of nitrogens with one attached hydrogen (secondary N) is 1. The van der Waals surface area contributed by atoms with Gasteiger partial charge in [0.2, 0.25) is 0 Å². The van der Waals surface area contributed by atoms with Crippen molar-refractivity contribution in [2.24, 2.45) is 0 Å². The topological polar surface area (TPSA) is 66.0 Å². The van der Waals surface area contributed by atoms with Crippen LogP contribution in [0.5, 0.6) is 0 Å². The Morgan fingerprint density at radius 1 is 1.50 bits per heavy atom. The third kappa shape index (κ3) is 2.60. The lowest BCUT2D eigenvalue weighted by atomic mass is 10.2. The van der Waals surface area contributed by atoms with Crippen molar-refractivity contribution >= 4 is 33.3 Å². The lowest BCUT2D eigenvalue weighted by Crippen LogP contribution is -2.12. The molecule has 2 rings (SSSR count). The minimum atomic E-state index is -0.0610. The van der Waals surface area contributed by atoms with Gasteiger partial charge in [0.15, 0.2) is 0 Å². The van der Waals surface area contributed by atoms with Crippen molar-refractivity contribution < 1.29 is 5.11 Å². The molecule has 98 valence electrons. The summed E-state index contributed by atoms with van der Waals surface area (Å²) >= 11 is 3.14. The zero-order valence-corrected chi connectivity index (χ0v) is 12.2. The molecule has 1 unspecified atom stereocenters. The lowest BCUT2D eigenvalue weighted by Gasteiger charge is -2.06. The first-order valence-electron chi connectivity index (χ1n) is 5.74. The molecule has 0 saturated heterocycles. The van der Waals surface area contributed by atoms with Crippen LogP contribution in [0.1, 0.15) is 23.2 Å². The number of aromatic nitrogens is 2. The molecule has 0 aliphatic rings. The molecule has 2 heterocycles. The third-order valence-electron chi connectivity index (χ3n) is 2.85. The molecule has 0 saturated carbocycles. The number of hydrogen-bond donors (Lipinski definition) is 2. The Labute approximate surface area is 113 Å². The van der Waals surface area contributed by atoms with Crippen molar-refractivity contribution in [2.45, 2.75) is 31.8 Å². The summed E-state index contributed by atoms with van der Waals surface area (Å²) in [7, 11) is 0. The van der Waals surface area contributed by atoms with Gasteiger partial charge < -0.3 is 10.1 Å². The summed E-state index contributed by atoms with van der Waals surface area (Å²) in [5.74, 6) is 1.29. The first kappa shape index (κ1) is 13.6. The fourth-order valence-electron chi connectivity index (χ4n) is 1.64. The molecular formula is C12H16N2O2S2. The van der Waals surface area contributed by atoms with Crippen LogP contribution in [0.4, 0.5) is 0 Å². The first-order valence-corrected chi connectivity index (χ1v) is 7.60. The first-order chi connectivity index (χ1) is 8.52. The number of nitrogens with zero attached hydrogens (tertiary/aromatic N) is 1. The number of aliphatic hydroxyl groups is 1. The van der Waals surface area contributed by atoms with E-state index in [4.69, 9.17) is 5.11 Å². The van der Waals surface area contributed by atoms with E-state index in [1.807, 2.05) is 20.8 Å². The van der Waals surface area contributed by atoms with Crippen molar-refractivity contribution in [2.75, 3.05) is 6.61 Å². The molecular weight excluding hydrogens is 268 g/mol. The average Bonchev–Trinajstić information content (AvgIpc) is 2.62. The van der Waals surface area contributed by atoms with E-state index in [0.29, 0.717) is 17.0 Å². The van der Waals surface area contributed by atoms with Gasteiger partial charge in [-0.25, -0.2) is 4.98 Å². The van der Waals surface area contributed by atoms with E-state index in [0.717, 1.165) is 15.3 Å². The Balaban J connectivity index is 2.35. The molecule has 0 aliphatic heterocycles. The summed E-state index contributed by atoms with van der Waals surface area (Å²) in [6.07, 6.45) is 0. The number of H-pyrrole nitrogens is 1. The van der Waals surface area contributed by atoms with Gasteiger partial charge in [-0.3, -0.25) is 4.79 Å². The van der Waals surface area contributed by atoms with Gasteiger partial charge in [0.25, 0.3) is 5.56 Å². The van der Waals surface area contributed by atoms with Crippen molar-refractivity contribution in [3.05, 3.63) is 26.6 Å². The predicted octanol–water partition coefficient (Wildman–Crippen LogP) is 2.22. The van der Waals surface area contributed by atoms with E-state index >= 15 is 0 Å². The van der Waals surface area contributed by atoms with E-state index < -0.39 is 0 Å². The highest BCUT2D eigenvalue weighted by Crippen LogP contribution is 2.26. The van der Waals surface area contributed by atoms with Gasteiger partial charge in [-0.15, -0.1) is 23.1 Å². The molecule has 0 aliphatic carbocycles. The van der Waals surface area contributed by atoms with E-state index in [2.05, 4.69) is 9.97 Å². The SMILES string of the molecule is Cc1sc2nc(CSC(C)CO)[nH]c(=O)c2c1C. The normalized spacial score (nSPS) is 13.1. The highest BCUT2D eigenvalue weighted by atomic mass is 32.2. The van der Waals surface area contributed by atoms with Gasteiger partial charge in [-0.05, 0) is 19.4 Å². The maximum absolute atomic E-state index is 12.0. The van der Waals surface area contributed by atoms with Crippen LogP contribution in [-0.2, 0) is 5.75 Å². The van der Waals surface area contributed by atoms with Crippen LogP contribution in [0.25, 0.3) is 10.2 Å². The number of hydrogen-bond acceptors (Lipinski definition) is 5. The molecule has 2 aromatic heterocycles. The minimum Gasteiger partial charge on any atom is -0.395 e. The molecule has 0 aromatic carbocycles. The smallest absolute Gasteiger partial charge is 0.259 e. The van der Waals surface area contributed by atoms with Crippen LogP contribution >= 0.6 is 23.1 Å². The van der Waals surface area contributed by atoms with Crippen LogP contribution in [0, 0.1) is 13.8 Å². The van der Waals surface area contributed by atoms with Gasteiger partial charge in [0, 0.05) is 10.1 Å². The summed E-state index contributed by atoms with van der Waals surface area (Å²) in [5, 5.41) is 9.83. The van der Waals surface area contributed by atoms with Gasteiger partial charge in [0.05, 0.1) is 17.7 Å². The van der Waals surface area contributed by atoms with Crippen molar-refractivity contribution in [3.8, 4) is 0 Å². The quantitative estimate of drug-likeness (QED) is 0.903. The van der Waals surface area contributed by atoms with Crippen LogP contribution in [0.2, 0.25) is 0 Å². The summed E-state index contributed by atoms with van der Waals surface area (Å²) in [4.78, 5) is 21.2. The highest BCUT2D eigenvalue weighted by molar-refractivity contribution is 7.99. The summed E-state index contributed by atoms with van der Waals surface area (Å²) in [6, 6.07) is 0. The third-order valence-corrected chi connectivity index (χ3v) is 5.11. The molecule has 0 bridgehead atoms. The summed E-state index contributed by atoms with van der Waals surface area (Å²) in [5.41, 5.74) is 0.959.